The van der Waals surface area contributed by atoms with Crippen molar-refractivity contribution in [3.63, 3.8) is 0 Å². The van der Waals surface area contributed by atoms with E-state index in [1.165, 1.54) is 23.1 Å². The molecule has 5 heteroatoms. The van der Waals surface area contributed by atoms with Gasteiger partial charge in [-0.05, 0) is 38.5 Å². The Morgan fingerprint density at radius 2 is 2.00 bits per heavy atom. The SMILES string of the molecule is C=C(CNC(C)(C)C)CN1C(=O)C(=O)c2cccc(F)c21. The second-order valence-electron chi connectivity index (χ2n) is 6.21. The van der Waals surface area contributed by atoms with Gasteiger partial charge in [0.1, 0.15) is 5.82 Å². The number of benzene rings is 1. The molecule has 0 bridgehead atoms. The number of nitrogens with one attached hydrogen (secondary N) is 1. The van der Waals surface area contributed by atoms with Gasteiger partial charge in [0.05, 0.1) is 11.3 Å². The number of halogens is 1. The number of fused-ring (bicyclic) bond motifs is 1. The van der Waals surface area contributed by atoms with Crippen LogP contribution >= 0.6 is 0 Å². The molecule has 21 heavy (non-hydrogen) atoms. The second kappa shape index (κ2) is 5.41. The van der Waals surface area contributed by atoms with Crippen LogP contribution in [-0.2, 0) is 4.79 Å². The zero-order valence-corrected chi connectivity index (χ0v) is 12.5. The highest BCUT2D eigenvalue weighted by Crippen LogP contribution is 2.31. The molecule has 1 aromatic carbocycles. The predicted octanol–water partition coefficient (Wildman–Crippen LogP) is 2.30. The molecule has 0 saturated carbocycles. The van der Waals surface area contributed by atoms with Gasteiger partial charge in [-0.15, -0.1) is 0 Å². The lowest BCUT2D eigenvalue weighted by atomic mass is 10.1. The summed E-state index contributed by atoms with van der Waals surface area (Å²) >= 11 is 0. The number of carbonyl (C=O) groups is 2. The lowest BCUT2D eigenvalue weighted by Crippen LogP contribution is -2.39. The van der Waals surface area contributed by atoms with Crippen molar-refractivity contribution in [1.29, 1.82) is 0 Å². The van der Waals surface area contributed by atoms with Crippen molar-refractivity contribution < 1.29 is 14.0 Å². The first kappa shape index (κ1) is 15.4. The van der Waals surface area contributed by atoms with E-state index in [1.807, 2.05) is 20.8 Å². The van der Waals surface area contributed by atoms with Crippen LogP contribution in [0.3, 0.4) is 0 Å². The van der Waals surface area contributed by atoms with Gasteiger partial charge in [-0.1, -0.05) is 12.6 Å². The maximum absolute atomic E-state index is 13.9. The first-order valence-electron chi connectivity index (χ1n) is 6.77. The topological polar surface area (TPSA) is 49.4 Å². The van der Waals surface area contributed by atoms with E-state index in [1.54, 1.807) is 0 Å². The van der Waals surface area contributed by atoms with Crippen LogP contribution in [0, 0.1) is 5.82 Å². The number of Topliss-reactive ketones (excluding diaryl/α,β-unsaturated/α-hetero) is 1. The molecule has 0 aliphatic carbocycles. The van der Waals surface area contributed by atoms with Crippen LogP contribution in [0.15, 0.2) is 30.4 Å². The highest BCUT2D eigenvalue weighted by Gasteiger charge is 2.37. The Kier molecular flexibility index (Phi) is 3.96. The smallest absolute Gasteiger partial charge is 0.299 e. The van der Waals surface area contributed by atoms with E-state index in [-0.39, 0.29) is 23.3 Å². The van der Waals surface area contributed by atoms with E-state index in [2.05, 4.69) is 11.9 Å². The Bertz CT molecular complexity index is 617. The molecule has 1 amide bonds. The summed E-state index contributed by atoms with van der Waals surface area (Å²) in [7, 11) is 0. The molecule has 1 aliphatic heterocycles. The van der Waals surface area contributed by atoms with Crippen LogP contribution in [0.4, 0.5) is 10.1 Å². The normalized spacial score (nSPS) is 14.6. The summed E-state index contributed by atoms with van der Waals surface area (Å²) in [6.45, 7) is 10.6. The average molecular weight is 290 g/mol. The fraction of sp³-hybridized carbons (Fsp3) is 0.375. The van der Waals surface area contributed by atoms with Crippen molar-refractivity contribution in [2.45, 2.75) is 26.3 Å². The number of hydrogen-bond acceptors (Lipinski definition) is 3. The van der Waals surface area contributed by atoms with E-state index in [9.17, 15) is 14.0 Å². The van der Waals surface area contributed by atoms with Crippen LogP contribution in [0.25, 0.3) is 0 Å². The Morgan fingerprint density at radius 1 is 1.33 bits per heavy atom. The molecule has 112 valence electrons. The van der Waals surface area contributed by atoms with Gasteiger partial charge >= 0.3 is 0 Å². The van der Waals surface area contributed by atoms with E-state index in [0.29, 0.717) is 12.1 Å². The number of para-hydroxylation sites is 1. The predicted molar refractivity (Wildman–Crippen MR) is 80.0 cm³/mol. The summed E-state index contributed by atoms with van der Waals surface area (Å²) < 4.78 is 13.9. The molecule has 0 fully saturated rings. The number of rotatable bonds is 4. The molecule has 0 unspecified atom stereocenters. The minimum absolute atomic E-state index is 0.0596. The molecule has 4 nitrogen and oxygen atoms in total. The fourth-order valence-electron chi connectivity index (χ4n) is 2.13. The quantitative estimate of drug-likeness (QED) is 0.684. The number of nitrogens with zero attached hydrogens (tertiary/aromatic N) is 1. The van der Waals surface area contributed by atoms with Crippen LogP contribution in [-0.4, -0.2) is 30.3 Å². The summed E-state index contributed by atoms with van der Waals surface area (Å²) in [6.07, 6.45) is 0. The Morgan fingerprint density at radius 3 is 2.62 bits per heavy atom. The summed E-state index contributed by atoms with van der Waals surface area (Å²) in [6, 6.07) is 4.14. The molecule has 1 aromatic rings. The third-order valence-electron chi connectivity index (χ3n) is 3.19. The third kappa shape index (κ3) is 3.19. The molecular weight excluding hydrogens is 271 g/mol. The van der Waals surface area contributed by atoms with E-state index >= 15 is 0 Å². The highest BCUT2D eigenvalue weighted by atomic mass is 19.1. The Balaban J connectivity index is 2.17. The van der Waals surface area contributed by atoms with Gasteiger partial charge in [0.15, 0.2) is 0 Å². The van der Waals surface area contributed by atoms with Gasteiger partial charge in [0.2, 0.25) is 0 Å². The molecule has 0 spiro atoms. The van der Waals surface area contributed by atoms with Gasteiger partial charge in [0.25, 0.3) is 11.7 Å². The molecule has 0 saturated heterocycles. The van der Waals surface area contributed by atoms with E-state index < -0.39 is 17.5 Å². The summed E-state index contributed by atoms with van der Waals surface area (Å²) in [4.78, 5) is 25.0. The van der Waals surface area contributed by atoms with Crippen molar-refractivity contribution in [3.8, 4) is 0 Å². The van der Waals surface area contributed by atoms with Gasteiger partial charge in [-0.2, -0.15) is 0 Å². The van der Waals surface area contributed by atoms with Crippen LogP contribution < -0.4 is 10.2 Å². The molecule has 1 N–H and O–H groups in total. The number of amides is 1. The van der Waals surface area contributed by atoms with Crippen LogP contribution in [0.1, 0.15) is 31.1 Å². The summed E-state index contributed by atoms with van der Waals surface area (Å²) in [5, 5.41) is 3.24. The molecule has 0 atom stereocenters. The maximum atomic E-state index is 13.9. The van der Waals surface area contributed by atoms with Crippen molar-refractivity contribution in [1.82, 2.24) is 5.32 Å². The maximum Gasteiger partial charge on any atom is 0.299 e. The van der Waals surface area contributed by atoms with Crippen molar-refractivity contribution in [3.05, 3.63) is 41.7 Å². The molecule has 2 rings (SSSR count). The number of carbonyl (C=O) groups excluding carboxylic acids is 2. The molecule has 0 radical (unpaired) electrons. The molecule has 1 aliphatic rings. The Hall–Kier alpha value is -2.01. The minimum Gasteiger partial charge on any atom is -0.308 e. The number of ketones is 1. The van der Waals surface area contributed by atoms with Crippen molar-refractivity contribution in [2.24, 2.45) is 0 Å². The van der Waals surface area contributed by atoms with Crippen LogP contribution in [0.5, 0.6) is 0 Å². The monoisotopic (exact) mass is 290 g/mol. The summed E-state index contributed by atoms with van der Waals surface area (Å²) in [5.74, 6) is -1.93. The Labute approximate surface area is 123 Å². The minimum atomic E-state index is -0.702. The number of anilines is 1. The van der Waals surface area contributed by atoms with E-state index in [4.69, 9.17) is 0 Å². The third-order valence-corrected chi connectivity index (χ3v) is 3.19. The fourth-order valence-corrected chi connectivity index (χ4v) is 2.13. The summed E-state index contributed by atoms with van der Waals surface area (Å²) in [5.41, 5.74) is 0.805. The highest BCUT2D eigenvalue weighted by molar-refractivity contribution is 6.52. The van der Waals surface area contributed by atoms with Crippen LogP contribution in [0.2, 0.25) is 0 Å². The lowest BCUT2D eigenvalue weighted by Gasteiger charge is -2.23. The second-order valence-corrected chi connectivity index (χ2v) is 6.21. The van der Waals surface area contributed by atoms with Gasteiger partial charge in [-0.3, -0.25) is 14.5 Å². The van der Waals surface area contributed by atoms with Gasteiger partial charge < -0.3 is 5.32 Å². The average Bonchev–Trinajstić information content (AvgIpc) is 2.62. The molecule has 1 heterocycles. The number of hydrogen-bond donors (Lipinski definition) is 1. The zero-order valence-electron chi connectivity index (χ0n) is 12.5. The first-order valence-corrected chi connectivity index (χ1v) is 6.77. The first-order chi connectivity index (χ1) is 9.70. The zero-order chi connectivity index (χ0) is 15.8. The van der Waals surface area contributed by atoms with Gasteiger partial charge in [-0.25, -0.2) is 4.39 Å². The lowest BCUT2D eigenvalue weighted by molar-refractivity contribution is -0.114. The standard InChI is InChI=1S/C16H19FN2O2/c1-10(8-18-16(2,3)4)9-19-13-11(14(20)15(19)21)6-5-7-12(13)17/h5-7,18H,1,8-9H2,2-4H3. The van der Waals surface area contributed by atoms with Crippen molar-refractivity contribution in [2.75, 3.05) is 18.0 Å². The van der Waals surface area contributed by atoms with Gasteiger partial charge in [0, 0.05) is 18.6 Å². The van der Waals surface area contributed by atoms with E-state index in [0.717, 1.165) is 0 Å². The molecule has 0 aromatic heterocycles. The van der Waals surface area contributed by atoms with Crippen molar-refractivity contribution >= 4 is 17.4 Å². The molecular formula is C16H19FN2O2. The largest absolute Gasteiger partial charge is 0.308 e.